The van der Waals surface area contributed by atoms with Crippen LogP contribution in [0.5, 0.6) is 11.5 Å². The fourth-order valence-corrected chi connectivity index (χ4v) is 2.63. The van der Waals surface area contributed by atoms with Gasteiger partial charge in [0.2, 0.25) is 0 Å². The molecule has 3 rings (SSSR count). The van der Waals surface area contributed by atoms with Crippen LogP contribution in [0.4, 0.5) is 5.69 Å². The van der Waals surface area contributed by atoms with Gasteiger partial charge in [-0.1, -0.05) is 0 Å². The average molecular weight is 354 g/mol. The number of methoxy groups -OCH3 is 2. The number of nitro groups is 1. The molecule has 0 spiro atoms. The molecule has 0 aliphatic heterocycles. The molecular formula is C18H14N2O6. The summed E-state index contributed by atoms with van der Waals surface area (Å²) in [7, 11) is 2.94. The van der Waals surface area contributed by atoms with E-state index in [1.165, 1.54) is 44.6 Å². The normalized spacial score (nSPS) is 10.5. The van der Waals surface area contributed by atoms with Crippen molar-refractivity contribution in [3.63, 3.8) is 0 Å². The second kappa shape index (κ2) is 6.67. The van der Waals surface area contributed by atoms with Crippen molar-refractivity contribution >= 4 is 22.6 Å². The van der Waals surface area contributed by atoms with Gasteiger partial charge in [-0.15, -0.1) is 0 Å². The molecule has 1 heterocycles. The highest BCUT2D eigenvalue weighted by Crippen LogP contribution is 2.34. The summed E-state index contributed by atoms with van der Waals surface area (Å²) in [5, 5.41) is 20.8. The topological polar surface area (TPSA) is 112 Å². The van der Waals surface area contributed by atoms with Gasteiger partial charge < -0.3 is 14.6 Å². The van der Waals surface area contributed by atoms with E-state index < -0.39 is 10.9 Å². The molecule has 3 aromatic rings. The summed E-state index contributed by atoms with van der Waals surface area (Å²) in [6, 6.07) is 10.3. The van der Waals surface area contributed by atoms with E-state index in [2.05, 4.69) is 4.98 Å². The molecule has 0 aliphatic carbocycles. The zero-order valence-corrected chi connectivity index (χ0v) is 13.9. The Kier molecular flexibility index (Phi) is 4.40. The number of ether oxygens (including phenoxy) is 2. The van der Waals surface area contributed by atoms with Crippen LogP contribution < -0.4 is 9.47 Å². The van der Waals surface area contributed by atoms with E-state index >= 15 is 0 Å². The Hall–Kier alpha value is -3.68. The minimum absolute atomic E-state index is 0.0457. The number of carboxylic acids is 1. The lowest BCUT2D eigenvalue weighted by atomic mass is 10.0. The number of benzene rings is 2. The molecule has 132 valence electrons. The number of non-ortho nitro benzene ring substituents is 1. The third-order valence-electron chi connectivity index (χ3n) is 3.92. The van der Waals surface area contributed by atoms with Gasteiger partial charge in [-0.3, -0.25) is 10.1 Å². The summed E-state index contributed by atoms with van der Waals surface area (Å²) in [6.45, 7) is 0. The van der Waals surface area contributed by atoms with Gasteiger partial charge >= 0.3 is 5.97 Å². The molecule has 0 aliphatic rings. The van der Waals surface area contributed by atoms with Crippen molar-refractivity contribution in [2.45, 2.75) is 0 Å². The van der Waals surface area contributed by atoms with Crippen molar-refractivity contribution in [2.24, 2.45) is 0 Å². The minimum atomic E-state index is -1.12. The van der Waals surface area contributed by atoms with E-state index in [-0.39, 0.29) is 11.3 Å². The van der Waals surface area contributed by atoms with Crippen molar-refractivity contribution in [3.05, 3.63) is 58.1 Å². The van der Waals surface area contributed by atoms with Gasteiger partial charge in [-0.2, -0.15) is 0 Å². The van der Waals surface area contributed by atoms with Crippen LogP contribution in [0.3, 0.4) is 0 Å². The van der Waals surface area contributed by atoms with Gasteiger partial charge in [0.15, 0.2) is 11.5 Å². The summed E-state index contributed by atoms with van der Waals surface area (Å²) < 4.78 is 10.5. The summed E-state index contributed by atoms with van der Waals surface area (Å²) in [5.74, 6) is -0.301. The van der Waals surface area contributed by atoms with Crippen molar-refractivity contribution < 1.29 is 24.3 Å². The van der Waals surface area contributed by atoms with Crippen LogP contribution in [-0.4, -0.2) is 35.2 Å². The van der Waals surface area contributed by atoms with Crippen LogP contribution in [-0.2, 0) is 0 Å². The lowest BCUT2D eigenvalue weighted by Gasteiger charge is -2.12. The lowest BCUT2D eigenvalue weighted by Crippen LogP contribution is -2.01. The molecule has 2 aromatic carbocycles. The Balaban J connectivity index is 2.23. The highest BCUT2D eigenvalue weighted by Gasteiger charge is 2.17. The maximum absolute atomic E-state index is 11.7. The fourth-order valence-electron chi connectivity index (χ4n) is 2.63. The lowest BCUT2D eigenvalue weighted by molar-refractivity contribution is -0.384. The largest absolute Gasteiger partial charge is 0.493 e. The molecule has 8 heteroatoms. The third kappa shape index (κ3) is 3.00. The van der Waals surface area contributed by atoms with Crippen LogP contribution in [0.25, 0.3) is 22.2 Å². The van der Waals surface area contributed by atoms with Crippen molar-refractivity contribution in [2.75, 3.05) is 14.2 Å². The van der Waals surface area contributed by atoms with Crippen molar-refractivity contribution in [1.82, 2.24) is 4.98 Å². The molecule has 0 saturated heterocycles. The van der Waals surface area contributed by atoms with E-state index in [1.807, 2.05) is 0 Å². The van der Waals surface area contributed by atoms with E-state index in [1.54, 1.807) is 12.1 Å². The second-order valence-electron chi connectivity index (χ2n) is 5.39. The quantitative estimate of drug-likeness (QED) is 0.551. The first kappa shape index (κ1) is 17.2. The summed E-state index contributed by atoms with van der Waals surface area (Å²) in [4.78, 5) is 26.5. The molecule has 8 nitrogen and oxygen atoms in total. The number of aromatic nitrogens is 1. The van der Waals surface area contributed by atoms with E-state index in [0.29, 0.717) is 33.7 Å². The first-order valence-corrected chi connectivity index (χ1v) is 7.49. The predicted octanol–water partition coefficient (Wildman–Crippen LogP) is 3.53. The number of fused-ring (bicyclic) bond motifs is 1. The molecule has 0 atom stereocenters. The highest BCUT2D eigenvalue weighted by molar-refractivity contribution is 6.04. The Morgan fingerprint density at radius 1 is 1.08 bits per heavy atom. The molecule has 0 radical (unpaired) electrons. The summed E-state index contributed by atoms with van der Waals surface area (Å²) >= 11 is 0. The third-order valence-corrected chi connectivity index (χ3v) is 3.92. The van der Waals surface area contributed by atoms with Crippen LogP contribution >= 0.6 is 0 Å². The molecule has 0 amide bonds. The zero-order valence-electron chi connectivity index (χ0n) is 13.9. The number of carbonyl (C=O) groups is 1. The maximum atomic E-state index is 11.7. The molecule has 0 bridgehead atoms. The number of nitro benzene ring substituents is 1. The number of aromatic carboxylic acids is 1. The molecule has 0 unspecified atom stereocenters. The zero-order chi connectivity index (χ0) is 18.8. The van der Waals surface area contributed by atoms with Gasteiger partial charge in [0.05, 0.1) is 35.9 Å². The molecule has 26 heavy (non-hydrogen) atoms. The predicted molar refractivity (Wildman–Crippen MR) is 93.9 cm³/mol. The van der Waals surface area contributed by atoms with E-state index in [4.69, 9.17) is 9.47 Å². The van der Waals surface area contributed by atoms with Crippen LogP contribution in [0.2, 0.25) is 0 Å². The number of pyridine rings is 1. The monoisotopic (exact) mass is 354 g/mol. The number of hydrogen-bond acceptors (Lipinski definition) is 6. The Morgan fingerprint density at radius 3 is 2.23 bits per heavy atom. The van der Waals surface area contributed by atoms with E-state index in [0.717, 1.165) is 0 Å². The second-order valence-corrected chi connectivity index (χ2v) is 5.39. The Bertz CT molecular complexity index is 1010. The number of carboxylic acid groups (broad SMARTS) is 1. The average Bonchev–Trinajstić information content (AvgIpc) is 2.65. The van der Waals surface area contributed by atoms with Crippen molar-refractivity contribution in [3.8, 4) is 22.8 Å². The standard InChI is InChI=1S/C18H14N2O6/c1-25-16-8-12-13(18(21)22)7-14(19-15(12)9-17(16)26-2)10-3-5-11(6-4-10)20(23)24/h3-9H,1-2H3,(H,21,22). The van der Waals surface area contributed by atoms with Gasteiger partial charge in [-0.25, -0.2) is 9.78 Å². The van der Waals surface area contributed by atoms with Crippen molar-refractivity contribution in [1.29, 1.82) is 0 Å². The fraction of sp³-hybridized carbons (Fsp3) is 0.111. The number of nitrogens with zero attached hydrogens (tertiary/aromatic N) is 2. The first-order valence-electron chi connectivity index (χ1n) is 7.49. The highest BCUT2D eigenvalue weighted by atomic mass is 16.6. The van der Waals surface area contributed by atoms with Gasteiger partial charge in [0.1, 0.15) is 0 Å². The minimum Gasteiger partial charge on any atom is -0.493 e. The molecule has 1 aromatic heterocycles. The van der Waals surface area contributed by atoms with Gasteiger partial charge in [-0.05, 0) is 24.3 Å². The molecule has 1 N–H and O–H groups in total. The van der Waals surface area contributed by atoms with Gasteiger partial charge in [0, 0.05) is 29.1 Å². The van der Waals surface area contributed by atoms with Crippen LogP contribution in [0, 0.1) is 10.1 Å². The molecule has 0 fully saturated rings. The van der Waals surface area contributed by atoms with Gasteiger partial charge in [0.25, 0.3) is 5.69 Å². The van der Waals surface area contributed by atoms with Crippen LogP contribution in [0.15, 0.2) is 42.5 Å². The SMILES string of the molecule is COc1cc2nc(-c3ccc([N+](=O)[O-])cc3)cc(C(=O)O)c2cc1OC. The Labute approximate surface area is 147 Å². The number of rotatable bonds is 5. The smallest absolute Gasteiger partial charge is 0.336 e. The maximum Gasteiger partial charge on any atom is 0.336 e. The number of hydrogen-bond donors (Lipinski definition) is 1. The summed E-state index contributed by atoms with van der Waals surface area (Å²) in [5.41, 5.74) is 1.35. The molecular weight excluding hydrogens is 340 g/mol. The van der Waals surface area contributed by atoms with Crippen LogP contribution in [0.1, 0.15) is 10.4 Å². The first-order chi connectivity index (χ1) is 12.4. The molecule has 0 saturated carbocycles. The Morgan fingerprint density at radius 2 is 1.69 bits per heavy atom. The summed E-state index contributed by atoms with van der Waals surface area (Å²) in [6.07, 6.45) is 0. The van der Waals surface area contributed by atoms with E-state index in [9.17, 15) is 20.0 Å².